The molecule has 1 heterocycles. The molecule has 3 aromatic rings. The van der Waals surface area contributed by atoms with Crippen LogP contribution in [0, 0.1) is 11.8 Å². The summed E-state index contributed by atoms with van der Waals surface area (Å²) < 4.78 is 5.90. The number of rotatable bonds is 14. The minimum atomic E-state index is -0.987. The summed E-state index contributed by atoms with van der Waals surface area (Å²) in [6.45, 7) is 7.99. The highest BCUT2D eigenvalue weighted by atomic mass is 16.5. The van der Waals surface area contributed by atoms with Crippen molar-refractivity contribution >= 4 is 23.6 Å². The van der Waals surface area contributed by atoms with E-state index in [1.165, 1.54) is 0 Å². The third kappa shape index (κ3) is 8.69. The number of ether oxygens (including phenoxy) is 1. The van der Waals surface area contributed by atoms with Gasteiger partial charge in [0.1, 0.15) is 29.1 Å². The SMILES string of the molecule is CC(C)C[C@]1(NC(=O)[C@@H](NC(=O)[C@H](Cc2ccccc2)NC(=O)Cc2cccc(Oc3ccccc3)c2)C(C)C)CNC1=O. The van der Waals surface area contributed by atoms with Crippen molar-refractivity contribution < 1.29 is 23.9 Å². The molecule has 0 saturated carbocycles. The number of carbonyl (C=O) groups is 4. The highest BCUT2D eigenvalue weighted by Crippen LogP contribution is 2.24. The molecule has 9 nitrogen and oxygen atoms in total. The van der Waals surface area contributed by atoms with Crippen LogP contribution in [0.2, 0.25) is 0 Å². The predicted octanol–water partition coefficient (Wildman–Crippen LogP) is 3.92. The average molecular weight is 599 g/mol. The first-order valence-corrected chi connectivity index (χ1v) is 15.1. The second kappa shape index (κ2) is 14.7. The molecule has 0 aromatic heterocycles. The normalized spacial score (nSPS) is 17.2. The van der Waals surface area contributed by atoms with Gasteiger partial charge in [-0.05, 0) is 53.6 Å². The maximum atomic E-state index is 13.7. The second-order valence-electron chi connectivity index (χ2n) is 12.1. The fraction of sp³-hybridized carbons (Fsp3) is 0.371. The molecule has 232 valence electrons. The topological polar surface area (TPSA) is 126 Å². The van der Waals surface area contributed by atoms with Crippen LogP contribution in [-0.4, -0.2) is 47.8 Å². The molecule has 0 bridgehead atoms. The number of amides is 4. The van der Waals surface area contributed by atoms with Gasteiger partial charge in [0.2, 0.25) is 23.6 Å². The summed E-state index contributed by atoms with van der Waals surface area (Å²) in [7, 11) is 0. The Morgan fingerprint density at radius 2 is 1.45 bits per heavy atom. The van der Waals surface area contributed by atoms with E-state index >= 15 is 0 Å². The number of carbonyl (C=O) groups excluding carboxylic acids is 4. The van der Waals surface area contributed by atoms with Gasteiger partial charge in [-0.25, -0.2) is 0 Å². The van der Waals surface area contributed by atoms with Crippen molar-refractivity contribution in [1.82, 2.24) is 21.3 Å². The van der Waals surface area contributed by atoms with Crippen LogP contribution in [0.5, 0.6) is 11.5 Å². The second-order valence-corrected chi connectivity index (χ2v) is 12.1. The van der Waals surface area contributed by atoms with Gasteiger partial charge in [-0.2, -0.15) is 0 Å². The fourth-order valence-corrected chi connectivity index (χ4v) is 5.32. The molecule has 1 aliphatic heterocycles. The maximum absolute atomic E-state index is 13.7. The van der Waals surface area contributed by atoms with E-state index in [0.29, 0.717) is 24.5 Å². The monoisotopic (exact) mass is 598 g/mol. The standard InChI is InChI=1S/C35H42N4O5/c1-23(2)21-35(22-36-34(35)43)39-33(42)31(24(3)4)38-32(41)29(19-25-12-7-5-8-13-25)37-30(40)20-26-14-11-17-28(18-26)44-27-15-9-6-10-16-27/h5-18,23-24,29,31H,19-22H2,1-4H3,(H,36,43)(H,37,40)(H,38,41)(H,39,42)/t29-,31-,35-/m0/s1. The zero-order chi connectivity index (χ0) is 31.7. The van der Waals surface area contributed by atoms with Crippen molar-refractivity contribution in [3.05, 3.63) is 96.1 Å². The molecule has 0 radical (unpaired) electrons. The van der Waals surface area contributed by atoms with Gasteiger partial charge in [0, 0.05) is 13.0 Å². The Hall–Kier alpha value is -4.66. The van der Waals surface area contributed by atoms with Crippen LogP contribution in [0.4, 0.5) is 0 Å². The molecular formula is C35H42N4O5. The molecule has 4 rings (SSSR count). The van der Waals surface area contributed by atoms with Crippen LogP contribution in [0.3, 0.4) is 0 Å². The number of hydrogen-bond donors (Lipinski definition) is 4. The van der Waals surface area contributed by atoms with Gasteiger partial charge < -0.3 is 26.0 Å². The molecule has 3 atom stereocenters. The van der Waals surface area contributed by atoms with E-state index < -0.39 is 29.4 Å². The quantitative estimate of drug-likeness (QED) is 0.209. The molecule has 3 aromatic carbocycles. The Bertz CT molecular complexity index is 1440. The van der Waals surface area contributed by atoms with Crippen molar-refractivity contribution in [3.63, 3.8) is 0 Å². The Morgan fingerprint density at radius 3 is 2.05 bits per heavy atom. The van der Waals surface area contributed by atoms with Crippen molar-refractivity contribution in [2.75, 3.05) is 6.54 Å². The van der Waals surface area contributed by atoms with Crippen LogP contribution in [0.15, 0.2) is 84.9 Å². The first-order valence-electron chi connectivity index (χ1n) is 15.1. The first-order chi connectivity index (χ1) is 21.0. The van der Waals surface area contributed by atoms with Crippen LogP contribution in [-0.2, 0) is 32.0 Å². The summed E-state index contributed by atoms with van der Waals surface area (Å²) in [5.41, 5.74) is 0.599. The number of β-lactam (4-membered cyclic amide) rings is 1. The lowest BCUT2D eigenvalue weighted by molar-refractivity contribution is -0.142. The first kappa shape index (κ1) is 32.3. The number of nitrogens with one attached hydrogen (secondary N) is 4. The summed E-state index contributed by atoms with van der Waals surface area (Å²) in [6, 6.07) is 24.2. The lowest BCUT2D eigenvalue weighted by atomic mass is 9.82. The molecule has 4 amide bonds. The van der Waals surface area contributed by atoms with Gasteiger partial charge >= 0.3 is 0 Å². The van der Waals surface area contributed by atoms with Gasteiger partial charge in [0.05, 0.1) is 6.42 Å². The molecule has 44 heavy (non-hydrogen) atoms. The molecule has 4 N–H and O–H groups in total. The minimum absolute atomic E-state index is 0.0332. The third-order valence-electron chi connectivity index (χ3n) is 7.53. The highest BCUT2D eigenvalue weighted by molar-refractivity contribution is 5.99. The highest BCUT2D eigenvalue weighted by Gasteiger charge is 2.48. The molecular weight excluding hydrogens is 556 g/mol. The Labute approximate surface area is 259 Å². The molecule has 1 fully saturated rings. The van der Waals surface area contributed by atoms with Crippen molar-refractivity contribution in [2.45, 2.75) is 64.6 Å². The molecule has 1 aliphatic rings. The van der Waals surface area contributed by atoms with Crippen LogP contribution in [0.25, 0.3) is 0 Å². The van der Waals surface area contributed by atoms with E-state index in [2.05, 4.69) is 21.3 Å². The number of para-hydroxylation sites is 1. The number of hydrogen-bond acceptors (Lipinski definition) is 5. The van der Waals surface area contributed by atoms with Crippen LogP contribution < -0.4 is 26.0 Å². The summed E-state index contributed by atoms with van der Waals surface area (Å²) in [5, 5.41) is 11.4. The van der Waals surface area contributed by atoms with E-state index in [-0.39, 0.29) is 36.5 Å². The lowest BCUT2D eigenvalue weighted by Gasteiger charge is -2.43. The van der Waals surface area contributed by atoms with E-state index in [1.54, 1.807) is 6.07 Å². The molecule has 0 spiro atoms. The van der Waals surface area contributed by atoms with E-state index in [1.807, 2.05) is 107 Å². The summed E-state index contributed by atoms with van der Waals surface area (Å²) in [4.78, 5) is 52.9. The number of benzene rings is 3. The Morgan fingerprint density at radius 1 is 0.818 bits per heavy atom. The average Bonchev–Trinajstić information content (AvgIpc) is 2.99. The summed E-state index contributed by atoms with van der Waals surface area (Å²) in [5.74, 6) is -0.265. The molecule has 0 unspecified atom stereocenters. The largest absolute Gasteiger partial charge is 0.457 e. The maximum Gasteiger partial charge on any atom is 0.247 e. The van der Waals surface area contributed by atoms with E-state index in [0.717, 1.165) is 11.1 Å². The fourth-order valence-electron chi connectivity index (χ4n) is 5.32. The van der Waals surface area contributed by atoms with Gasteiger partial charge in [-0.3, -0.25) is 19.2 Å². The van der Waals surface area contributed by atoms with E-state index in [9.17, 15) is 19.2 Å². The minimum Gasteiger partial charge on any atom is -0.457 e. The van der Waals surface area contributed by atoms with Gasteiger partial charge in [-0.1, -0.05) is 88.4 Å². The van der Waals surface area contributed by atoms with Crippen molar-refractivity contribution in [2.24, 2.45) is 11.8 Å². The summed E-state index contributed by atoms with van der Waals surface area (Å²) >= 11 is 0. The van der Waals surface area contributed by atoms with Crippen LogP contribution in [0.1, 0.15) is 45.2 Å². The summed E-state index contributed by atoms with van der Waals surface area (Å²) in [6.07, 6.45) is 0.765. The van der Waals surface area contributed by atoms with E-state index in [4.69, 9.17) is 4.74 Å². The third-order valence-corrected chi connectivity index (χ3v) is 7.53. The predicted molar refractivity (Wildman–Crippen MR) is 169 cm³/mol. The zero-order valence-corrected chi connectivity index (χ0v) is 25.8. The van der Waals surface area contributed by atoms with Crippen molar-refractivity contribution in [3.8, 4) is 11.5 Å². The van der Waals surface area contributed by atoms with Crippen LogP contribution >= 0.6 is 0 Å². The Kier molecular flexibility index (Phi) is 10.8. The smallest absolute Gasteiger partial charge is 0.247 e. The lowest BCUT2D eigenvalue weighted by Crippen LogP contribution is -2.75. The molecule has 9 heteroatoms. The molecule has 1 saturated heterocycles. The molecule has 0 aliphatic carbocycles. The van der Waals surface area contributed by atoms with Crippen molar-refractivity contribution in [1.29, 1.82) is 0 Å². The Balaban J connectivity index is 1.46. The van der Waals surface area contributed by atoms with Gasteiger partial charge in [-0.15, -0.1) is 0 Å². The zero-order valence-electron chi connectivity index (χ0n) is 25.8. The van der Waals surface area contributed by atoms with Gasteiger partial charge in [0.25, 0.3) is 0 Å². The van der Waals surface area contributed by atoms with Gasteiger partial charge in [0.15, 0.2) is 0 Å².